The molecule has 0 radical (unpaired) electrons. The lowest BCUT2D eigenvalue weighted by molar-refractivity contribution is -0.129. The zero-order valence-electron chi connectivity index (χ0n) is 15.8. The zero-order chi connectivity index (χ0) is 19.6. The van der Waals surface area contributed by atoms with Crippen molar-refractivity contribution in [1.29, 1.82) is 0 Å². The number of benzene rings is 1. The molecule has 1 aliphatic carbocycles. The summed E-state index contributed by atoms with van der Waals surface area (Å²) in [6, 6.07) is 7.91. The summed E-state index contributed by atoms with van der Waals surface area (Å²) in [6.45, 7) is 3.02. The Kier molecular flexibility index (Phi) is 6.08. The van der Waals surface area contributed by atoms with E-state index in [1.165, 1.54) is 5.56 Å². The predicted molar refractivity (Wildman–Crippen MR) is 102 cm³/mol. The van der Waals surface area contributed by atoms with Crippen molar-refractivity contribution in [3.05, 3.63) is 29.8 Å². The molecule has 2 aliphatic rings. The first-order valence-corrected chi connectivity index (χ1v) is 11.3. The number of nitrogens with zero attached hydrogens (tertiary/aromatic N) is 1. The minimum Gasteiger partial charge on any atom is -0.488 e. The van der Waals surface area contributed by atoms with Gasteiger partial charge in [-0.2, -0.15) is 0 Å². The molecule has 1 aliphatic heterocycles. The number of aliphatic hydroxyl groups excluding tert-OH is 1. The maximum Gasteiger partial charge on any atom is 0.237 e. The molecular formula is C19H28N2O5S. The van der Waals surface area contributed by atoms with Crippen LogP contribution in [0.25, 0.3) is 0 Å². The van der Waals surface area contributed by atoms with E-state index in [1.807, 2.05) is 24.3 Å². The Labute approximate surface area is 160 Å². The van der Waals surface area contributed by atoms with Crippen LogP contribution in [0.15, 0.2) is 24.3 Å². The molecule has 0 aromatic heterocycles. The van der Waals surface area contributed by atoms with Crippen molar-refractivity contribution in [1.82, 2.24) is 9.62 Å². The highest BCUT2D eigenvalue weighted by Crippen LogP contribution is 2.38. The third-order valence-electron chi connectivity index (χ3n) is 5.54. The van der Waals surface area contributed by atoms with Gasteiger partial charge in [-0.3, -0.25) is 4.79 Å². The number of hydrogen-bond acceptors (Lipinski definition) is 5. The van der Waals surface area contributed by atoms with Gasteiger partial charge in [-0.1, -0.05) is 19.1 Å². The highest BCUT2D eigenvalue weighted by molar-refractivity contribution is 7.88. The van der Waals surface area contributed by atoms with Crippen LogP contribution >= 0.6 is 0 Å². The Morgan fingerprint density at radius 2 is 1.85 bits per heavy atom. The molecule has 4 atom stereocenters. The average Bonchev–Trinajstić information content (AvgIpc) is 3.03. The molecule has 8 heteroatoms. The molecule has 1 aromatic rings. The van der Waals surface area contributed by atoms with Gasteiger partial charge in [0.15, 0.2) is 0 Å². The Hall–Kier alpha value is -1.64. The molecular weight excluding hydrogens is 368 g/mol. The van der Waals surface area contributed by atoms with Gasteiger partial charge >= 0.3 is 0 Å². The molecule has 3 rings (SSSR count). The van der Waals surface area contributed by atoms with Gasteiger partial charge in [0.25, 0.3) is 0 Å². The lowest BCUT2D eigenvalue weighted by Crippen LogP contribution is -2.42. The second-order valence-corrected chi connectivity index (χ2v) is 9.44. The van der Waals surface area contributed by atoms with E-state index in [1.54, 1.807) is 4.90 Å². The summed E-state index contributed by atoms with van der Waals surface area (Å²) in [6.07, 6.45) is 2.42. The second-order valence-electron chi connectivity index (χ2n) is 7.60. The number of aryl methyl sites for hydroxylation is 1. The van der Waals surface area contributed by atoms with Crippen LogP contribution in [0.2, 0.25) is 0 Å². The van der Waals surface area contributed by atoms with Gasteiger partial charge < -0.3 is 14.7 Å². The van der Waals surface area contributed by atoms with Crippen molar-refractivity contribution < 1.29 is 23.1 Å². The molecule has 1 heterocycles. The third kappa shape index (κ3) is 5.21. The molecule has 7 nitrogen and oxygen atoms in total. The highest BCUT2D eigenvalue weighted by atomic mass is 32.2. The van der Waals surface area contributed by atoms with Crippen LogP contribution < -0.4 is 9.46 Å². The number of rotatable bonds is 6. The van der Waals surface area contributed by atoms with Crippen molar-refractivity contribution in [2.45, 2.75) is 38.4 Å². The van der Waals surface area contributed by atoms with E-state index in [-0.39, 0.29) is 30.4 Å². The van der Waals surface area contributed by atoms with Gasteiger partial charge in [-0.15, -0.1) is 0 Å². The number of likely N-dealkylation sites (tertiary alicyclic amines) is 1. The van der Waals surface area contributed by atoms with Crippen LogP contribution in [0.4, 0.5) is 0 Å². The average molecular weight is 397 g/mol. The van der Waals surface area contributed by atoms with Gasteiger partial charge in [0, 0.05) is 13.1 Å². The molecule has 2 fully saturated rings. The van der Waals surface area contributed by atoms with Crippen molar-refractivity contribution in [3.63, 3.8) is 0 Å². The first-order valence-electron chi connectivity index (χ1n) is 9.41. The smallest absolute Gasteiger partial charge is 0.237 e. The minimum atomic E-state index is -3.39. The first kappa shape index (κ1) is 20.1. The standard InChI is InChI=1S/C19H28N2O5S/c1-3-13-4-6-16(7-5-13)26-18-9-15-12-21(11-14(15)8-17(18)22)19(23)10-20-27(2,24)25/h4-7,14-15,17-18,20,22H,3,8-12H2,1-2H3/t14-,15+,17+,18+/m0/s1. The van der Waals surface area contributed by atoms with Crippen LogP contribution in [-0.2, 0) is 21.2 Å². The molecule has 1 saturated carbocycles. The van der Waals surface area contributed by atoms with Crippen LogP contribution in [0.5, 0.6) is 5.75 Å². The van der Waals surface area contributed by atoms with E-state index in [0.717, 1.165) is 18.4 Å². The first-order chi connectivity index (χ1) is 12.7. The van der Waals surface area contributed by atoms with Crippen LogP contribution in [0.1, 0.15) is 25.3 Å². The van der Waals surface area contributed by atoms with Crippen LogP contribution in [-0.4, -0.2) is 62.4 Å². The SMILES string of the molecule is CCc1ccc(O[C@@H]2C[C@@H]3CN(C(=O)CNS(C)(=O)=O)C[C@@H]3C[C@H]2O)cc1. The Balaban J connectivity index is 1.57. The van der Waals surface area contributed by atoms with E-state index in [4.69, 9.17) is 4.74 Å². The number of hydrogen-bond donors (Lipinski definition) is 2. The molecule has 2 N–H and O–H groups in total. The highest BCUT2D eigenvalue weighted by Gasteiger charge is 2.43. The largest absolute Gasteiger partial charge is 0.488 e. The molecule has 0 spiro atoms. The maximum atomic E-state index is 12.3. The van der Waals surface area contributed by atoms with Crippen LogP contribution in [0.3, 0.4) is 0 Å². The third-order valence-corrected chi connectivity index (χ3v) is 6.21. The van der Waals surface area contributed by atoms with Gasteiger partial charge in [0.05, 0.1) is 18.9 Å². The Morgan fingerprint density at radius 3 is 2.44 bits per heavy atom. The van der Waals surface area contributed by atoms with Crippen molar-refractivity contribution in [2.75, 3.05) is 25.9 Å². The van der Waals surface area contributed by atoms with Crippen molar-refractivity contribution in [2.24, 2.45) is 11.8 Å². The van der Waals surface area contributed by atoms with Gasteiger partial charge in [-0.25, -0.2) is 13.1 Å². The fourth-order valence-electron chi connectivity index (χ4n) is 4.00. The Bertz CT molecular complexity index is 765. The van der Waals surface area contributed by atoms with Crippen molar-refractivity contribution >= 4 is 15.9 Å². The Morgan fingerprint density at radius 1 is 1.22 bits per heavy atom. The molecule has 1 amide bonds. The number of nitrogens with one attached hydrogen (secondary N) is 1. The molecule has 27 heavy (non-hydrogen) atoms. The second kappa shape index (κ2) is 8.16. The summed E-state index contributed by atoms with van der Waals surface area (Å²) >= 11 is 0. The number of fused-ring (bicyclic) bond motifs is 1. The number of aliphatic hydroxyl groups is 1. The number of amides is 1. The van der Waals surface area contributed by atoms with E-state index >= 15 is 0 Å². The summed E-state index contributed by atoms with van der Waals surface area (Å²) in [5, 5.41) is 10.5. The van der Waals surface area contributed by atoms with E-state index in [0.29, 0.717) is 25.9 Å². The molecule has 0 bridgehead atoms. The van der Waals surface area contributed by atoms with Crippen molar-refractivity contribution in [3.8, 4) is 5.75 Å². The lowest BCUT2D eigenvalue weighted by atomic mass is 9.78. The normalized spacial score (nSPS) is 28.0. The topological polar surface area (TPSA) is 95.9 Å². The van der Waals surface area contributed by atoms with Gasteiger partial charge in [-0.05, 0) is 48.8 Å². The number of ether oxygens (including phenoxy) is 1. The summed E-state index contributed by atoms with van der Waals surface area (Å²) in [5.41, 5.74) is 1.24. The molecule has 0 unspecified atom stereocenters. The number of sulfonamides is 1. The summed E-state index contributed by atoms with van der Waals surface area (Å²) in [4.78, 5) is 13.9. The van der Waals surface area contributed by atoms with Crippen LogP contribution in [0, 0.1) is 11.8 Å². The summed E-state index contributed by atoms with van der Waals surface area (Å²) in [5.74, 6) is 1.01. The fourth-order valence-corrected chi connectivity index (χ4v) is 4.39. The molecule has 150 valence electrons. The molecule has 1 saturated heterocycles. The van der Waals surface area contributed by atoms with E-state index in [9.17, 15) is 18.3 Å². The summed E-state index contributed by atoms with van der Waals surface area (Å²) in [7, 11) is -3.39. The van der Waals surface area contributed by atoms with E-state index < -0.39 is 16.1 Å². The van der Waals surface area contributed by atoms with Gasteiger partial charge in [0.2, 0.25) is 15.9 Å². The number of carbonyl (C=O) groups excluding carboxylic acids is 1. The molecule has 1 aromatic carbocycles. The van der Waals surface area contributed by atoms with Gasteiger partial charge in [0.1, 0.15) is 11.9 Å². The summed E-state index contributed by atoms with van der Waals surface area (Å²) < 4.78 is 30.6. The lowest BCUT2D eigenvalue weighted by Gasteiger charge is -2.35. The quantitative estimate of drug-likeness (QED) is 0.741. The predicted octanol–water partition coefficient (Wildman–Crippen LogP) is 0.775. The zero-order valence-corrected chi connectivity index (χ0v) is 16.6. The monoisotopic (exact) mass is 396 g/mol. The maximum absolute atomic E-state index is 12.3. The van der Waals surface area contributed by atoms with E-state index in [2.05, 4.69) is 11.6 Å². The number of carbonyl (C=O) groups is 1. The minimum absolute atomic E-state index is 0.218. The fraction of sp³-hybridized carbons (Fsp3) is 0.632.